The normalized spacial score (nSPS) is 16.5. The summed E-state index contributed by atoms with van der Waals surface area (Å²) in [6, 6.07) is 14.0. The van der Waals surface area contributed by atoms with E-state index in [4.69, 9.17) is 23.2 Å². The van der Waals surface area contributed by atoms with Gasteiger partial charge in [0.15, 0.2) is 0 Å². The van der Waals surface area contributed by atoms with Gasteiger partial charge in [-0.3, -0.25) is 0 Å². The van der Waals surface area contributed by atoms with Gasteiger partial charge in [-0.05, 0) is 60.4 Å². The molecule has 1 aliphatic heterocycles. The van der Waals surface area contributed by atoms with E-state index >= 15 is 0 Å². The topological polar surface area (TPSA) is 75.2 Å². The molecule has 1 aromatic heterocycles. The summed E-state index contributed by atoms with van der Waals surface area (Å²) >= 11 is 12.0. The summed E-state index contributed by atoms with van der Waals surface area (Å²) < 4.78 is 28.3. The Morgan fingerprint density at radius 1 is 0.970 bits per heavy atom. The molecule has 0 spiro atoms. The Hall–Kier alpha value is -2.45. The highest BCUT2D eigenvalue weighted by molar-refractivity contribution is 7.89. The summed E-state index contributed by atoms with van der Waals surface area (Å²) in [6.45, 7) is 1.41. The third kappa shape index (κ3) is 4.77. The number of benzene rings is 2. The first-order valence-corrected chi connectivity index (χ1v) is 13.0. The lowest BCUT2D eigenvalue weighted by Gasteiger charge is -2.33. The van der Waals surface area contributed by atoms with Crippen molar-refractivity contribution in [2.24, 2.45) is 0 Å². The molecule has 170 valence electrons. The summed E-state index contributed by atoms with van der Waals surface area (Å²) in [5.74, 6) is 0.903. The zero-order valence-electron chi connectivity index (χ0n) is 17.7. The van der Waals surface area contributed by atoms with E-state index in [1.54, 1.807) is 24.5 Å². The third-order valence-electron chi connectivity index (χ3n) is 6.06. The Morgan fingerprint density at radius 2 is 1.73 bits per heavy atom. The van der Waals surface area contributed by atoms with Gasteiger partial charge in [0.05, 0.1) is 10.6 Å². The second-order valence-corrected chi connectivity index (χ2v) is 10.8. The van der Waals surface area contributed by atoms with E-state index in [0.29, 0.717) is 36.0 Å². The van der Waals surface area contributed by atoms with E-state index < -0.39 is 10.0 Å². The van der Waals surface area contributed by atoms with Crippen molar-refractivity contribution in [3.05, 3.63) is 81.7 Å². The fourth-order valence-corrected chi connectivity index (χ4v) is 6.08. The van der Waals surface area contributed by atoms with Gasteiger partial charge in [0.1, 0.15) is 12.1 Å². The molecule has 0 atom stereocenters. The van der Waals surface area contributed by atoms with Crippen LogP contribution in [0.4, 0.5) is 5.82 Å². The highest BCUT2D eigenvalue weighted by Crippen LogP contribution is 2.36. The van der Waals surface area contributed by atoms with Crippen molar-refractivity contribution in [3.8, 4) is 0 Å². The van der Waals surface area contributed by atoms with Crippen LogP contribution in [-0.4, -0.2) is 37.5 Å². The molecule has 0 bridgehead atoms. The van der Waals surface area contributed by atoms with Crippen LogP contribution in [0.15, 0.2) is 59.8 Å². The van der Waals surface area contributed by atoms with Crippen molar-refractivity contribution >= 4 is 50.7 Å². The summed E-state index contributed by atoms with van der Waals surface area (Å²) in [5, 5.41) is 1.11. The van der Waals surface area contributed by atoms with E-state index in [2.05, 4.69) is 25.7 Å². The number of nitrogens with zero attached hydrogens (tertiary/aromatic N) is 3. The minimum atomic E-state index is -3.61. The molecular formula is C24H22Cl2N4O2S. The average molecular weight is 501 g/mol. The third-order valence-corrected chi connectivity index (χ3v) is 8.06. The monoisotopic (exact) mass is 500 g/mol. The highest BCUT2D eigenvalue weighted by Gasteiger charge is 2.28. The molecule has 1 N–H and O–H groups in total. The Balaban J connectivity index is 1.29. The lowest BCUT2D eigenvalue weighted by molar-refractivity contribution is 0.458. The summed E-state index contributed by atoms with van der Waals surface area (Å²) in [5.41, 5.74) is 4.36. The molecule has 0 amide bonds. The number of allylic oxidation sites excluding steroid dienone is 1. The molecule has 2 heterocycles. The summed E-state index contributed by atoms with van der Waals surface area (Å²) in [4.78, 5) is 11.5. The maximum Gasteiger partial charge on any atom is 0.240 e. The number of hydrogen-bond acceptors (Lipinski definition) is 5. The lowest BCUT2D eigenvalue weighted by Crippen LogP contribution is -2.45. The predicted octanol–water partition coefficient (Wildman–Crippen LogP) is 4.83. The minimum Gasteiger partial charge on any atom is -0.356 e. The first kappa shape index (κ1) is 22.3. The van der Waals surface area contributed by atoms with Crippen molar-refractivity contribution in [1.29, 1.82) is 0 Å². The number of rotatable bonds is 5. The fourth-order valence-electron chi connectivity index (χ4n) is 4.35. The smallest absolute Gasteiger partial charge is 0.240 e. The second kappa shape index (κ2) is 9.06. The first-order chi connectivity index (χ1) is 15.9. The van der Waals surface area contributed by atoms with Crippen molar-refractivity contribution < 1.29 is 8.42 Å². The van der Waals surface area contributed by atoms with Gasteiger partial charge in [-0.1, -0.05) is 41.4 Å². The van der Waals surface area contributed by atoms with E-state index in [0.717, 1.165) is 29.1 Å². The Morgan fingerprint density at radius 3 is 2.45 bits per heavy atom. The van der Waals surface area contributed by atoms with Crippen LogP contribution in [-0.2, 0) is 16.4 Å². The molecule has 2 aliphatic rings. The molecule has 0 radical (unpaired) electrons. The number of nitrogens with one attached hydrogen (secondary N) is 1. The van der Waals surface area contributed by atoms with Gasteiger partial charge in [-0.15, -0.1) is 0 Å². The maximum atomic E-state index is 12.7. The van der Waals surface area contributed by atoms with E-state index in [1.807, 2.05) is 24.3 Å². The van der Waals surface area contributed by atoms with Crippen LogP contribution in [0.2, 0.25) is 10.0 Å². The zero-order chi connectivity index (χ0) is 23.0. The largest absolute Gasteiger partial charge is 0.356 e. The maximum absolute atomic E-state index is 12.7. The standard InChI is InChI=1S/C24H22Cl2N4O2S/c25-18-6-4-16(5-7-18)17-12-22-23(13-17)27-15-28-24(22)30-10-8-20(9-11-30)29-33(31,32)21-3-1-2-19(26)14-21/h1-7,12,14-15,20,29H,8-11,13H2. The Bertz CT molecular complexity index is 1320. The molecule has 3 aromatic rings. The molecule has 5 rings (SSSR count). The van der Waals surface area contributed by atoms with E-state index in [-0.39, 0.29) is 10.9 Å². The second-order valence-electron chi connectivity index (χ2n) is 8.25. The molecule has 0 unspecified atom stereocenters. The Kier molecular flexibility index (Phi) is 6.14. The van der Waals surface area contributed by atoms with Gasteiger partial charge < -0.3 is 4.90 Å². The molecule has 0 saturated carbocycles. The minimum absolute atomic E-state index is 0.139. The van der Waals surface area contributed by atoms with Crippen LogP contribution < -0.4 is 9.62 Å². The van der Waals surface area contributed by atoms with Gasteiger partial charge in [-0.25, -0.2) is 23.1 Å². The molecule has 1 fully saturated rings. The van der Waals surface area contributed by atoms with Gasteiger partial charge in [0.2, 0.25) is 10.0 Å². The van der Waals surface area contributed by atoms with Gasteiger partial charge in [-0.2, -0.15) is 0 Å². The average Bonchev–Trinajstić information content (AvgIpc) is 3.24. The molecule has 1 saturated heterocycles. The highest BCUT2D eigenvalue weighted by atomic mass is 35.5. The fraction of sp³-hybridized carbons (Fsp3) is 0.250. The first-order valence-electron chi connectivity index (χ1n) is 10.7. The predicted molar refractivity (Wildman–Crippen MR) is 132 cm³/mol. The van der Waals surface area contributed by atoms with Crippen LogP contribution >= 0.6 is 23.2 Å². The van der Waals surface area contributed by atoms with Crippen molar-refractivity contribution in [3.63, 3.8) is 0 Å². The van der Waals surface area contributed by atoms with Crippen LogP contribution in [0.3, 0.4) is 0 Å². The summed E-state index contributed by atoms with van der Waals surface area (Å²) in [7, 11) is -3.61. The SMILES string of the molecule is O=S(=O)(NC1CCN(c2ncnc3c2C=C(c2ccc(Cl)cc2)C3)CC1)c1cccc(Cl)c1. The molecule has 9 heteroatoms. The number of hydrogen-bond donors (Lipinski definition) is 1. The molecule has 33 heavy (non-hydrogen) atoms. The number of halogens is 2. The van der Waals surface area contributed by atoms with Crippen LogP contribution in [0, 0.1) is 0 Å². The number of aromatic nitrogens is 2. The van der Waals surface area contributed by atoms with E-state index in [9.17, 15) is 8.42 Å². The van der Waals surface area contributed by atoms with Gasteiger partial charge in [0.25, 0.3) is 0 Å². The van der Waals surface area contributed by atoms with Gasteiger partial charge in [0, 0.05) is 41.2 Å². The lowest BCUT2D eigenvalue weighted by atomic mass is 10.1. The molecule has 1 aliphatic carbocycles. The van der Waals surface area contributed by atoms with Crippen LogP contribution in [0.25, 0.3) is 11.6 Å². The number of fused-ring (bicyclic) bond motifs is 1. The van der Waals surface area contributed by atoms with E-state index in [1.165, 1.54) is 11.6 Å². The number of anilines is 1. The molecule has 2 aromatic carbocycles. The van der Waals surface area contributed by atoms with Crippen molar-refractivity contribution in [1.82, 2.24) is 14.7 Å². The Labute approximate surface area is 203 Å². The number of sulfonamides is 1. The van der Waals surface area contributed by atoms with Gasteiger partial charge >= 0.3 is 0 Å². The number of piperidine rings is 1. The van der Waals surface area contributed by atoms with Crippen LogP contribution in [0.5, 0.6) is 0 Å². The molecular weight excluding hydrogens is 479 g/mol. The van der Waals surface area contributed by atoms with Crippen molar-refractivity contribution in [2.75, 3.05) is 18.0 Å². The summed E-state index contributed by atoms with van der Waals surface area (Å²) in [6.07, 6.45) is 5.89. The van der Waals surface area contributed by atoms with Crippen LogP contribution in [0.1, 0.15) is 29.7 Å². The quantitative estimate of drug-likeness (QED) is 0.542. The zero-order valence-corrected chi connectivity index (χ0v) is 20.0. The molecule has 6 nitrogen and oxygen atoms in total. The van der Waals surface area contributed by atoms with Crippen molar-refractivity contribution in [2.45, 2.75) is 30.2 Å².